The molecule has 0 saturated carbocycles. The average Bonchev–Trinajstić information content (AvgIpc) is 2.64. The molecule has 0 atom stereocenters. The summed E-state index contributed by atoms with van der Waals surface area (Å²) in [6.07, 6.45) is 2.56. The Morgan fingerprint density at radius 1 is 1.07 bits per heavy atom. The number of methoxy groups -OCH3 is 1. The van der Waals surface area contributed by atoms with E-state index in [2.05, 4.69) is 10.1 Å². The molecule has 0 fully saturated rings. The van der Waals surface area contributed by atoms with E-state index in [1.54, 1.807) is 30.3 Å². The van der Waals surface area contributed by atoms with Gasteiger partial charge in [0.05, 0.1) is 7.11 Å². The molecule has 0 saturated heterocycles. The van der Waals surface area contributed by atoms with E-state index in [4.69, 9.17) is 9.47 Å². The summed E-state index contributed by atoms with van der Waals surface area (Å²) >= 11 is 0. The van der Waals surface area contributed by atoms with Crippen LogP contribution in [0.1, 0.15) is 31.9 Å². The van der Waals surface area contributed by atoms with Crippen LogP contribution in [0.2, 0.25) is 0 Å². The number of amides is 1. The lowest BCUT2D eigenvalue weighted by Crippen LogP contribution is -2.27. The second-order valence-electron chi connectivity index (χ2n) is 7.04. The number of hydrogen-bond acceptors (Lipinski definition) is 5. The van der Waals surface area contributed by atoms with E-state index in [9.17, 15) is 9.59 Å². The second kappa shape index (κ2) is 9.60. The fourth-order valence-corrected chi connectivity index (χ4v) is 2.24. The summed E-state index contributed by atoms with van der Waals surface area (Å²) in [6.45, 7) is 5.80. The zero-order valence-electron chi connectivity index (χ0n) is 16.5. The molecule has 0 aliphatic rings. The van der Waals surface area contributed by atoms with Gasteiger partial charge in [-0.15, -0.1) is 0 Å². The first-order valence-electron chi connectivity index (χ1n) is 8.83. The van der Waals surface area contributed by atoms with Crippen molar-refractivity contribution in [3.63, 3.8) is 0 Å². The SMILES string of the molecule is COC(=O)/C=C/c1cccc(COc2ccc(NC(=O)OC(C)(C)C)cc2)c1. The van der Waals surface area contributed by atoms with Gasteiger partial charge in [-0.25, -0.2) is 9.59 Å². The molecule has 0 aliphatic carbocycles. The number of carbonyl (C=O) groups excluding carboxylic acids is 2. The topological polar surface area (TPSA) is 73.9 Å². The molecule has 0 aliphatic heterocycles. The summed E-state index contributed by atoms with van der Waals surface area (Å²) in [5, 5.41) is 2.67. The Kier molecular flexibility index (Phi) is 7.21. The van der Waals surface area contributed by atoms with Crippen LogP contribution in [0.5, 0.6) is 5.75 Å². The molecule has 1 N–H and O–H groups in total. The van der Waals surface area contributed by atoms with Crippen molar-refractivity contribution in [2.45, 2.75) is 33.0 Å². The third-order valence-corrected chi connectivity index (χ3v) is 3.47. The van der Waals surface area contributed by atoms with Crippen LogP contribution in [0.3, 0.4) is 0 Å². The maximum atomic E-state index is 11.8. The molecular weight excluding hydrogens is 358 g/mol. The van der Waals surface area contributed by atoms with Crippen LogP contribution in [0.15, 0.2) is 54.6 Å². The van der Waals surface area contributed by atoms with Crippen LogP contribution in [0.25, 0.3) is 6.08 Å². The van der Waals surface area contributed by atoms with Crippen LogP contribution < -0.4 is 10.1 Å². The molecule has 6 heteroatoms. The molecular formula is C22H25NO5. The highest BCUT2D eigenvalue weighted by Gasteiger charge is 2.16. The minimum atomic E-state index is -0.548. The van der Waals surface area contributed by atoms with Gasteiger partial charge in [0.15, 0.2) is 0 Å². The fourth-order valence-electron chi connectivity index (χ4n) is 2.24. The van der Waals surface area contributed by atoms with Gasteiger partial charge < -0.3 is 14.2 Å². The summed E-state index contributed by atoms with van der Waals surface area (Å²) in [5.41, 5.74) is 1.91. The lowest BCUT2D eigenvalue weighted by atomic mass is 10.1. The standard InChI is InChI=1S/C22H25NO5/c1-22(2,3)28-21(25)23-18-9-11-19(12-10-18)27-15-17-7-5-6-16(14-17)8-13-20(24)26-4/h5-14H,15H2,1-4H3,(H,23,25)/b13-8+. The summed E-state index contributed by atoms with van der Waals surface area (Å²) in [7, 11) is 1.34. The van der Waals surface area contributed by atoms with Gasteiger partial charge >= 0.3 is 12.1 Å². The minimum Gasteiger partial charge on any atom is -0.489 e. The van der Waals surface area contributed by atoms with E-state index in [-0.39, 0.29) is 0 Å². The Morgan fingerprint density at radius 2 is 1.79 bits per heavy atom. The lowest BCUT2D eigenvalue weighted by Gasteiger charge is -2.19. The largest absolute Gasteiger partial charge is 0.489 e. The summed E-state index contributed by atoms with van der Waals surface area (Å²) in [6, 6.07) is 14.7. The smallest absolute Gasteiger partial charge is 0.412 e. The highest BCUT2D eigenvalue weighted by Crippen LogP contribution is 2.18. The van der Waals surface area contributed by atoms with Crippen molar-refractivity contribution in [3.8, 4) is 5.75 Å². The Bertz CT molecular complexity index is 835. The number of benzene rings is 2. The van der Waals surface area contributed by atoms with E-state index in [1.165, 1.54) is 13.2 Å². The Morgan fingerprint density at radius 3 is 2.43 bits per heavy atom. The number of nitrogens with one attached hydrogen (secondary N) is 1. The second-order valence-corrected chi connectivity index (χ2v) is 7.04. The van der Waals surface area contributed by atoms with Crippen molar-refractivity contribution in [1.82, 2.24) is 0 Å². The van der Waals surface area contributed by atoms with Crippen molar-refractivity contribution >= 4 is 23.8 Å². The quantitative estimate of drug-likeness (QED) is 0.573. The summed E-state index contributed by atoms with van der Waals surface area (Å²) < 4.78 is 15.6. The van der Waals surface area contributed by atoms with Gasteiger partial charge in [-0.2, -0.15) is 0 Å². The maximum absolute atomic E-state index is 11.8. The zero-order valence-corrected chi connectivity index (χ0v) is 16.5. The third kappa shape index (κ3) is 7.53. The van der Waals surface area contributed by atoms with Crippen molar-refractivity contribution < 1.29 is 23.8 Å². The highest BCUT2D eigenvalue weighted by molar-refractivity contribution is 5.87. The number of hydrogen-bond donors (Lipinski definition) is 1. The molecule has 1 amide bonds. The van der Waals surface area contributed by atoms with Gasteiger partial charge in [-0.3, -0.25) is 5.32 Å². The molecule has 0 aromatic heterocycles. The van der Waals surface area contributed by atoms with Crippen molar-refractivity contribution in [3.05, 3.63) is 65.7 Å². The van der Waals surface area contributed by atoms with Crippen molar-refractivity contribution in [2.75, 3.05) is 12.4 Å². The van der Waals surface area contributed by atoms with Gasteiger partial charge in [0, 0.05) is 11.8 Å². The molecule has 0 radical (unpaired) electrons. The lowest BCUT2D eigenvalue weighted by molar-refractivity contribution is -0.134. The molecule has 0 spiro atoms. The fraction of sp³-hybridized carbons (Fsp3) is 0.273. The molecule has 0 unspecified atom stereocenters. The predicted octanol–water partition coefficient (Wildman–Crippen LogP) is 4.80. The van der Waals surface area contributed by atoms with Gasteiger partial charge in [0.2, 0.25) is 0 Å². The van der Waals surface area contributed by atoms with Gasteiger partial charge in [-0.1, -0.05) is 18.2 Å². The van der Waals surface area contributed by atoms with E-state index < -0.39 is 17.7 Å². The van der Waals surface area contributed by atoms with Crippen molar-refractivity contribution in [1.29, 1.82) is 0 Å². The normalized spacial score (nSPS) is 11.1. The van der Waals surface area contributed by atoms with Crippen molar-refractivity contribution in [2.24, 2.45) is 0 Å². The van der Waals surface area contributed by atoms with Gasteiger partial charge in [-0.05, 0) is 68.3 Å². The predicted molar refractivity (Wildman–Crippen MR) is 108 cm³/mol. The number of ether oxygens (including phenoxy) is 3. The molecule has 0 bridgehead atoms. The Labute approximate surface area is 165 Å². The monoisotopic (exact) mass is 383 g/mol. The molecule has 148 valence electrons. The number of rotatable bonds is 6. The van der Waals surface area contributed by atoms with E-state index in [0.29, 0.717) is 18.0 Å². The first-order valence-corrected chi connectivity index (χ1v) is 8.83. The van der Waals surface area contributed by atoms with Crippen LogP contribution in [-0.4, -0.2) is 24.8 Å². The minimum absolute atomic E-state index is 0.374. The van der Waals surface area contributed by atoms with E-state index in [1.807, 2.05) is 45.0 Å². The molecule has 2 aromatic carbocycles. The first kappa shape index (κ1) is 21.0. The van der Waals surface area contributed by atoms with Gasteiger partial charge in [0.25, 0.3) is 0 Å². The maximum Gasteiger partial charge on any atom is 0.412 e. The number of esters is 1. The number of anilines is 1. The summed E-state index contributed by atoms with van der Waals surface area (Å²) in [4.78, 5) is 22.9. The zero-order chi connectivity index (χ0) is 20.6. The molecule has 2 rings (SSSR count). The first-order chi connectivity index (χ1) is 13.2. The number of carbonyl (C=O) groups is 2. The average molecular weight is 383 g/mol. The van der Waals surface area contributed by atoms with E-state index >= 15 is 0 Å². The Hall–Kier alpha value is -3.28. The molecule has 6 nitrogen and oxygen atoms in total. The van der Waals surface area contributed by atoms with Gasteiger partial charge in [0.1, 0.15) is 18.0 Å². The third-order valence-electron chi connectivity index (χ3n) is 3.47. The molecule has 28 heavy (non-hydrogen) atoms. The summed E-state index contributed by atoms with van der Waals surface area (Å²) in [5.74, 6) is 0.270. The van der Waals surface area contributed by atoms with E-state index in [0.717, 1.165) is 11.1 Å². The van der Waals surface area contributed by atoms with Crippen LogP contribution in [0, 0.1) is 0 Å². The van der Waals surface area contributed by atoms with Crippen LogP contribution in [0.4, 0.5) is 10.5 Å². The van der Waals surface area contributed by atoms with Crippen LogP contribution in [-0.2, 0) is 20.9 Å². The molecule has 0 heterocycles. The van der Waals surface area contributed by atoms with Crippen LogP contribution >= 0.6 is 0 Å². The highest BCUT2D eigenvalue weighted by atomic mass is 16.6. The Balaban J connectivity index is 1.90. The molecule has 2 aromatic rings.